The van der Waals surface area contributed by atoms with Crippen LogP contribution in [0.3, 0.4) is 0 Å². The Morgan fingerprint density at radius 3 is 2.67 bits per heavy atom. The fourth-order valence-corrected chi connectivity index (χ4v) is 3.03. The number of nitrogens with two attached hydrogens (primary N) is 1. The van der Waals surface area contributed by atoms with Crippen LogP contribution >= 0.6 is 35.6 Å². The summed E-state index contributed by atoms with van der Waals surface area (Å²) in [6, 6.07) is 5.48. The maximum absolute atomic E-state index is 12.3. The first-order chi connectivity index (χ1) is 11.1. The number of hydrogen-bond donors (Lipinski definition) is 1. The van der Waals surface area contributed by atoms with E-state index < -0.39 is 0 Å². The van der Waals surface area contributed by atoms with E-state index in [2.05, 4.69) is 0 Å². The molecule has 2 rings (SSSR count). The number of carbonyl (C=O) groups is 1. The first-order valence-electron chi connectivity index (χ1n) is 8.16. The molecule has 1 fully saturated rings. The van der Waals surface area contributed by atoms with Crippen LogP contribution in [0.2, 0.25) is 10.0 Å². The van der Waals surface area contributed by atoms with Gasteiger partial charge in [-0.15, -0.1) is 12.4 Å². The van der Waals surface area contributed by atoms with E-state index in [0.29, 0.717) is 36.2 Å². The summed E-state index contributed by atoms with van der Waals surface area (Å²) in [7, 11) is 0. The van der Waals surface area contributed by atoms with Crippen molar-refractivity contribution in [2.45, 2.75) is 38.2 Å². The monoisotopic (exact) mass is 394 g/mol. The van der Waals surface area contributed by atoms with Crippen molar-refractivity contribution in [3.05, 3.63) is 33.8 Å². The van der Waals surface area contributed by atoms with Gasteiger partial charge in [0.1, 0.15) is 6.10 Å². The van der Waals surface area contributed by atoms with Gasteiger partial charge in [0.2, 0.25) is 5.91 Å². The highest BCUT2D eigenvalue weighted by Gasteiger charge is 2.25. The zero-order valence-corrected chi connectivity index (χ0v) is 16.0. The van der Waals surface area contributed by atoms with Gasteiger partial charge in [0, 0.05) is 13.0 Å². The lowest BCUT2D eigenvalue weighted by molar-refractivity contribution is -0.139. The molecule has 0 spiro atoms. The Labute approximate surface area is 160 Å². The SMILES string of the molecule is Cl.NCCCCCCC(=O)N1CCOC(c2ccc(Cl)c(Cl)c2)C1. The van der Waals surface area contributed by atoms with Crippen LogP contribution in [-0.2, 0) is 9.53 Å². The lowest BCUT2D eigenvalue weighted by Crippen LogP contribution is -2.42. The molecule has 0 saturated carbocycles. The normalized spacial score (nSPS) is 17.5. The van der Waals surface area contributed by atoms with Crippen molar-refractivity contribution < 1.29 is 9.53 Å². The van der Waals surface area contributed by atoms with Crippen LogP contribution in [0, 0.1) is 0 Å². The van der Waals surface area contributed by atoms with Gasteiger partial charge in [-0.1, -0.05) is 42.1 Å². The number of unbranched alkanes of at least 4 members (excludes halogenated alkanes) is 3. The molecule has 1 saturated heterocycles. The third-order valence-electron chi connectivity index (χ3n) is 4.08. The number of halogens is 3. The Bertz CT molecular complexity index is 529. The Hall–Kier alpha value is -0.520. The minimum Gasteiger partial charge on any atom is -0.370 e. The second-order valence-electron chi connectivity index (χ2n) is 5.83. The molecule has 1 atom stereocenters. The van der Waals surface area contributed by atoms with Crippen molar-refractivity contribution in [1.82, 2.24) is 4.90 Å². The maximum Gasteiger partial charge on any atom is 0.222 e. The average Bonchev–Trinajstić information content (AvgIpc) is 2.57. The zero-order chi connectivity index (χ0) is 16.7. The average molecular weight is 396 g/mol. The summed E-state index contributed by atoms with van der Waals surface area (Å²) in [5.41, 5.74) is 6.43. The van der Waals surface area contributed by atoms with Gasteiger partial charge in [0.15, 0.2) is 0 Å². The van der Waals surface area contributed by atoms with Crippen LogP contribution in [0.1, 0.15) is 43.8 Å². The Kier molecular flexibility index (Phi) is 10.0. The van der Waals surface area contributed by atoms with Crippen molar-refractivity contribution in [2.75, 3.05) is 26.2 Å². The van der Waals surface area contributed by atoms with Crippen molar-refractivity contribution in [3.63, 3.8) is 0 Å². The van der Waals surface area contributed by atoms with E-state index in [0.717, 1.165) is 37.8 Å². The number of rotatable bonds is 7. The van der Waals surface area contributed by atoms with Crippen molar-refractivity contribution in [2.24, 2.45) is 5.73 Å². The van der Waals surface area contributed by atoms with E-state index in [1.807, 2.05) is 17.0 Å². The van der Waals surface area contributed by atoms with Gasteiger partial charge >= 0.3 is 0 Å². The summed E-state index contributed by atoms with van der Waals surface area (Å²) < 4.78 is 5.79. The maximum atomic E-state index is 12.3. The largest absolute Gasteiger partial charge is 0.370 e. The number of benzene rings is 1. The van der Waals surface area contributed by atoms with Crippen LogP contribution < -0.4 is 5.73 Å². The second-order valence-corrected chi connectivity index (χ2v) is 6.64. The molecule has 1 aliphatic rings. The van der Waals surface area contributed by atoms with E-state index >= 15 is 0 Å². The fraction of sp³-hybridized carbons (Fsp3) is 0.588. The molecule has 24 heavy (non-hydrogen) atoms. The third-order valence-corrected chi connectivity index (χ3v) is 4.82. The molecule has 0 bridgehead atoms. The van der Waals surface area contributed by atoms with E-state index in [1.54, 1.807) is 6.07 Å². The van der Waals surface area contributed by atoms with Crippen molar-refractivity contribution in [3.8, 4) is 0 Å². The van der Waals surface area contributed by atoms with Crippen LogP contribution in [0.5, 0.6) is 0 Å². The van der Waals surface area contributed by atoms with E-state index in [4.69, 9.17) is 33.7 Å². The van der Waals surface area contributed by atoms with E-state index in [1.165, 1.54) is 0 Å². The molecule has 136 valence electrons. The minimum absolute atomic E-state index is 0. The lowest BCUT2D eigenvalue weighted by atomic mass is 10.1. The molecule has 0 radical (unpaired) electrons. The molecule has 1 heterocycles. The van der Waals surface area contributed by atoms with E-state index in [9.17, 15) is 4.79 Å². The molecular weight excluding hydrogens is 371 g/mol. The summed E-state index contributed by atoms with van der Waals surface area (Å²) in [5.74, 6) is 0.200. The Balaban J connectivity index is 0.00000288. The summed E-state index contributed by atoms with van der Waals surface area (Å²) in [4.78, 5) is 14.2. The van der Waals surface area contributed by atoms with Gasteiger partial charge in [0.25, 0.3) is 0 Å². The van der Waals surface area contributed by atoms with Crippen LogP contribution in [0.25, 0.3) is 0 Å². The summed E-state index contributed by atoms with van der Waals surface area (Å²) in [6.45, 7) is 2.49. The van der Waals surface area contributed by atoms with E-state index in [-0.39, 0.29) is 24.4 Å². The molecule has 0 aromatic heterocycles. The first-order valence-corrected chi connectivity index (χ1v) is 8.92. The molecule has 2 N–H and O–H groups in total. The van der Waals surface area contributed by atoms with Gasteiger partial charge in [-0.3, -0.25) is 4.79 Å². The third kappa shape index (κ3) is 6.41. The zero-order valence-electron chi connectivity index (χ0n) is 13.7. The predicted molar refractivity (Wildman–Crippen MR) is 101 cm³/mol. The number of morpholine rings is 1. The Morgan fingerprint density at radius 2 is 1.96 bits per heavy atom. The number of carbonyl (C=O) groups excluding carboxylic acids is 1. The molecule has 1 unspecified atom stereocenters. The summed E-state index contributed by atoms with van der Waals surface area (Å²) in [5, 5.41) is 1.03. The standard InChI is InChI=1S/C17H24Cl2N2O2.ClH/c18-14-7-6-13(11-15(14)19)16-12-21(9-10-23-16)17(22)5-3-1-2-4-8-20;/h6-7,11,16H,1-5,8-10,12,20H2;1H. The molecule has 1 amide bonds. The molecule has 4 nitrogen and oxygen atoms in total. The smallest absolute Gasteiger partial charge is 0.222 e. The molecule has 1 aromatic rings. The predicted octanol–water partition coefficient (Wildman–Crippen LogP) is 4.22. The van der Waals surface area contributed by atoms with Crippen molar-refractivity contribution >= 4 is 41.5 Å². The Morgan fingerprint density at radius 1 is 1.21 bits per heavy atom. The molecular formula is C17H25Cl3N2O2. The van der Waals surface area contributed by atoms with Gasteiger partial charge in [0.05, 0.1) is 23.2 Å². The van der Waals surface area contributed by atoms with Crippen LogP contribution in [-0.4, -0.2) is 37.0 Å². The van der Waals surface area contributed by atoms with Crippen molar-refractivity contribution in [1.29, 1.82) is 0 Å². The summed E-state index contributed by atoms with van der Waals surface area (Å²) >= 11 is 12.0. The molecule has 1 aliphatic heterocycles. The molecule has 7 heteroatoms. The number of ether oxygens (including phenoxy) is 1. The number of amides is 1. The molecule has 0 aliphatic carbocycles. The van der Waals surface area contributed by atoms with Gasteiger partial charge < -0.3 is 15.4 Å². The fourth-order valence-electron chi connectivity index (χ4n) is 2.72. The highest BCUT2D eigenvalue weighted by molar-refractivity contribution is 6.42. The van der Waals surface area contributed by atoms with Crippen LogP contribution in [0.15, 0.2) is 18.2 Å². The minimum atomic E-state index is -0.139. The second kappa shape index (κ2) is 11.2. The van der Waals surface area contributed by atoms with Crippen LogP contribution in [0.4, 0.5) is 0 Å². The highest BCUT2D eigenvalue weighted by atomic mass is 35.5. The summed E-state index contributed by atoms with van der Waals surface area (Å²) in [6.07, 6.45) is 4.57. The van der Waals surface area contributed by atoms with Gasteiger partial charge in [-0.25, -0.2) is 0 Å². The lowest BCUT2D eigenvalue weighted by Gasteiger charge is -2.33. The number of hydrogen-bond acceptors (Lipinski definition) is 3. The van der Waals surface area contributed by atoms with Gasteiger partial charge in [-0.05, 0) is 37.1 Å². The highest BCUT2D eigenvalue weighted by Crippen LogP contribution is 2.29. The quantitative estimate of drug-likeness (QED) is 0.703. The van der Waals surface area contributed by atoms with Gasteiger partial charge in [-0.2, -0.15) is 0 Å². The number of nitrogens with zero attached hydrogens (tertiary/aromatic N) is 1. The topological polar surface area (TPSA) is 55.6 Å². The first kappa shape index (κ1) is 21.5. The molecule has 1 aromatic carbocycles.